The molecule has 0 fully saturated rings. The highest BCUT2D eigenvalue weighted by molar-refractivity contribution is 6.31. The zero-order chi connectivity index (χ0) is 22.9. The van der Waals surface area contributed by atoms with Gasteiger partial charge >= 0.3 is 0 Å². The van der Waals surface area contributed by atoms with Crippen LogP contribution in [0.15, 0.2) is 48.7 Å². The zero-order valence-electron chi connectivity index (χ0n) is 17.8. The van der Waals surface area contributed by atoms with Crippen molar-refractivity contribution >= 4 is 35.2 Å². The summed E-state index contributed by atoms with van der Waals surface area (Å²) >= 11 is 12.4. The SMILES string of the molecule is COCCOc1ccc(CNC(=O)/C=C/c2c(C)nn(Cc3ccc(Cl)cc3)c2Cl)cn1. The van der Waals surface area contributed by atoms with Gasteiger partial charge in [0.1, 0.15) is 11.8 Å². The van der Waals surface area contributed by atoms with E-state index in [1.165, 1.54) is 6.08 Å². The normalized spacial score (nSPS) is 11.1. The van der Waals surface area contributed by atoms with Gasteiger partial charge in [-0.05, 0) is 36.3 Å². The largest absolute Gasteiger partial charge is 0.475 e. The van der Waals surface area contributed by atoms with Crippen LogP contribution in [-0.4, -0.2) is 41.0 Å². The van der Waals surface area contributed by atoms with Crippen molar-refractivity contribution in [3.05, 3.63) is 81.2 Å². The number of methoxy groups -OCH3 is 1. The minimum absolute atomic E-state index is 0.244. The number of nitrogens with zero attached hydrogens (tertiary/aromatic N) is 3. The number of aromatic nitrogens is 3. The first-order valence-electron chi connectivity index (χ1n) is 9.96. The number of hydrogen-bond donors (Lipinski definition) is 1. The number of carbonyl (C=O) groups excluding carboxylic acids is 1. The van der Waals surface area contributed by atoms with E-state index in [0.29, 0.717) is 47.9 Å². The van der Waals surface area contributed by atoms with Crippen LogP contribution in [0.5, 0.6) is 5.88 Å². The number of amides is 1. The second kappa shape index (κ2) is 11.7. The minimum atomic E-state index is -0.244. The molecule has 32 heavy (non-hydrogen) atoms. The summed E-state index contributed by atoms with van der Waals surface area (Å²) in [5.74, 6) is 0.268. The van der Waals surface area contributed by atoms with Gasteiger partial charge in [-0.2, -0.15) is 5.10 Å². The first-order valence-corrected chi connectivity index (χ1v) is 10.7. The Morgan fingerprint density at radius 3 is 2.56 bits per heavy atom. The van der Waals surface area contributed by atoms with Crippen molar-refractivity contribution in [2.24, 2.45) is 0 Å². The first kappa shape index (κ1) is 23.8. The lowest BCUT2D eigenvalue weighted by atomic mass is 10.2. The molecule has 0 aliphatic heterocycles. The van der Waals surface area contributed by atoms with Gasteiger partial charge in [-0.1, -0.05) is 41.4 Å². The molecule has 7 nitrogen and oxygen atoms in total. The smallest absolute Gasteiger partial charge is 0.244 e. The van der Waals surface area contributed by atoms with Gasteiger partial charge in [0.15, 0.2) is 0 Å². The van der Waals surface area contributed by atoms with E-state index in [9.17, 15) is 4.79 Å². The first-order chi connectivity index (χ1) is 15.5. The van der Waals surface area contributed by atoms with Crippen LogP contribution in [0.2, 0.25) is 10.2 Å². The van der Waals surface area contributed by atoms with Gasteiger partial charge in [0.25, 0.3) is 0 Å². The Morgan fingerprint density at radius 2 is 1.88 bits per heavy atom. The predicted molar refractivity (Wildman–Crippen MR) is 125 cm³/mol. The van der Waals surface area contributed by atoms with Crippen LogP contribution in [-0.2, 0) is 22.6 Å². The zero-order valence-corrected chi connectivity index (χ0v) is 19.4. The molecule has 0 bridgehead atoms. The fraction of sp³-hybridized carbons (Fsp3) is 0.261. The van der Waals surface area contributed by atoms with Crippen molar-refractivity contribution in [1.82, 2.24) is 20.1 Å². The summed E-state index contributed by atoms with van der Waals surface area (Å²) in [6, 6.07) is 11.1. The van der Waals surface area contributed by atoms with Gasteiger partial charge in [0, 0.05) is 42.6 Å². The van der Waals surface area contributed by atoms with E-state index in [0.717, 1.165) is 16.8 Å². The average molecular weight is 475 g/mol. The number of halogens is 2. The summed E-state index contributed by atoms with van der Waals surface area (Å²) in [5.41, 5.74) is 3.32. The Kier molecular flexibility index (Phi) is 8.67. The fourth-order valence-corrected chi connectivity index (χ4v) is 3.28. The summed E-state index contributed by atoms with van der Waals surface area (Å²) in [6.45, 7) is 3.63. The molecule has 2 aromatic heterocycles. The second-order valence-electron chi connectivity index (χ2n) is 6.97. The van der Waals surface area contributed by atoms with E-state index in [1.54, 1.807) is 30.1 Å². The van der Waals surface area contributed by atoms with E-state index in [2.05, 4.69) is 15.4 Å². The third-order valence-electron chi connectivity index (χ3n) is 4.56. The Balaban J connectivity index is 1.55. The van der Waals surface area contributed by atoms with Gasteiger partial charge in [0.2, 0.25) is 11.8 Å². The van der Waals surface area contributed by atoms with Crippen LogP contribution in [0.25, 0.3) is 6.08 Å². The molecule has 3 aromatic rings. The summed E-state index contributed by atoms with van der Waals surface area (Å²) in [5, 5.41) is 8.44. The van der Waals surface area contributed by atoms with Gasteiger partial charge in [-0.25, -0.2) is 9.67 Å². The molecule has 168 valence electrons. The number of ether oxygens (including phenoxy) is 2. The van der Waals surface area contributed by atoms with Crippen molar-refractivity contribution in [2.45, 2.75) is 20.0 Å². The molecule has 0 spiro atoms. The molecule has 0 aliphatic rings. The van der Waals surface area contributed by atoms with Crippen LogP contribution in [0.4, 0.5) is 0 Å². The predicted octanol–water partition coefficient (Wildman–Crippen LogP) is 4.30. The van der Waals surface area contributed by atoms with E-state index in [4.69, 9.17) is 32.7 Å². The van der Waals surface area contributed by atoms with Gasteiger partial charge in [-0.15, -0.1) is 0 Å². The van der Waals surface area contributed by atoms with Crippen molar-refractivity contribution in [3.63, 3.8) is 0 Å². The molecule has 1 N–H and O–H groups in total. The topological polar surface area (TPSA) is 78.3 Å². The molecule has 3 rings (SSSR count). The Labute approximate surface area is 197 Å². The maximum absolute atomic E-state index is 12.2. The highest BCUT2D eigenvalue weighted by atomic mass is 35.5. The van der Waals surface area contributed by atoms with Crippen molar-refractivity contribution in [1.29, 1.82) is 0 Å². The van der Waals surface area contributed by atoms with Crippen LogP contribution >= 0.6 is 23.2 Å². The summed E-state index contributed by atoms with van der Waals surface area (Å²) in [7, 11) is 1.61. The maximum Gasteiger partial charge on any atom is 0.244 e. The van der Waals surface area contributed by atoms with Gasteiger partial charge in [0.05, 0.1) is 18.8 Å². The number of hydrogen-bond acceptors (Lipinski definition) is 5. The number of rotatable bonds is 10. The fourth-order valence-electron chi connectivity index (χ4n) is 2.86. The lowest BCUT2D eigenvalue weighted by Crippen LogP contribution is -2.20. The van der Waals surface area contributed by atoms with Crippen molar-refractivity contribution in [3.8, 4) is 5.88 Å². The highest BCUT2D eigenvalue weighted by Crippen LogP contribution is 2.22. The second-order valence-corrected chi connectivity index (χ2v) is 7.77. The summed E-state index contributed by atoms with van der Waals surface area (Å²) in [6.07, 6.45) is 4.77. The minimum Gasteiger partial charge on any atom is -0.475 e. The lowest BCUT2D eigenvalue weighted by molar-refractivity contribution is -0.116. The Morgan fingerprint density at radius 1 is 1.12 bits per heavy atom. The molecule has 0 saturated carbocycles. The number of aryl methyl sites for hydroxylation is 1. The Bertz CT molecular complexity index is 1060. The number of benzene rings is 1. The number of nitrogens with one attached hydrogen (secondary N) is 1. The third kappa shape index (κ3) is 6.82. The van der Waals surface area contributed by atoms with Crippen LogP contribution in [0.1, 0.15) is 22.4 Å². The lowest BCUT2D eigenvalue weighted by Gasteiger charge is -2.06. The maximum atomic E-state index is 12.2. The molecule has 0 aliphatic carbocycles. The molecule has 0 atom stereocenters. The Hall–Kier alpha value is -2.87. The van der Waals surface area contributed by atoms with Gasteiger partial charge in [-0.3, -0.25) is 4.79 Å². The molecule has 1 aromatic carbocycles. The number of carbonyl (C=O) groups is 1. The molecule has 0 unspecified atom stereocenters. The van der Waals surface area contributed by atoms with E-state index in [1.807, 2.05) is 37.3 Å². The van der Waals surface area contributed by atoms with E-state index < -0.39 is 0 Å². The molecular formula is C23H24Cl2N4O3. The standard InChI is InChI=1S/C23H24Cl2N4O3/c1-16-20(23(25)29(28-16)15-17-3-6-19(24)7-4-17)8-9-21(30)26-13-18-5-10-22(27-14-18)32-12-11-31-2/h3-10,14H,11-13,15H2,1-2H3,(H,26,30)/b9-8+. The monoisotopic (exact) mass is 474 g/mol. The highest BCUT2D eigenvalue weighted by Gasteiger charge is 2.12. The quantitative estimate of drug-likeness (QED) is 0.350. The van der Waals surface area contributed by atoms with Crippen molar-refractivity contribution < 1.29 is 14.3 Å². The van der Waals surface area contributed by atoms with E-state index >= 15 is 0 Å². The van der Waals surface area contributed by atoms with Crippen LogP contribution < -0.4 is 10.1 Å². The summed E-state index contributed by atoms with van der Waals surface area (Å²) < 4.78 is 12.0. The van der Waals surface area contributed by atoms with Crippen LogP contribution in [0, 0.1) is 6.92 Å². The summed E-state index contributed by atoms with van der Waals surface area (Å²) in [4.78, 5) is 16.4. The average Bonchev–Trinajstić information content (AvgIpc) is 3.05. The van der Waals surface area contributed by atoms with E-state index in [-0.39, 0.29) is 5.91 Å². The molecular weight excluding hydrogens is 451 g/mol. The molecule has 2 heterocycles. The molecule has 0 saturated heterocycles. The molecule has 9 heteroatoms. The third-order valence-corrected chi connectivity index (χ3v) is 5.21. The van der Waals surface area contributed by atoms with Crippen molar-refractivity contribution in [2.75, 3.05) is 20.3 Å². The van der Waals surface area contributed by atoms with Crippen LogP contribution in [0.3, 0.4) is 0 Å². The molecule has 0 radical (unpaired) electrons. The number of pyridine rings is 1. The molecule has 1 amide bonds. The van der Waals surface area contributed by atoms with Gasteiger partial charge < -0.3 is 14.8 Å².